The van der Waals surface area contributed by atoms with Crippen molar-refractivity contribution in [3.63, 3.8) is 0 Å². The van der Waals surface area contributed by atoms with Gasteiger partial charge in [-0.05, 0) is 36.4 Å². The molecule has 1 unspecified atom stereocenters. The van der Waals surface area contributed by atoms with Crippen molar-refractivity contribution < 1.29 is 14.2 Å². The second-order valence-corrected chi connectivity index (χ2v) is 12.6. The molecule has 0 saturated heterocycles. The molecule has 0 radical (unpaired) electrons. The summed E-state index contributed by atoms with van der Waals surface area (Å²) in [6.45, 7) is 9.49. The maximum Gasteiger partial charge on any atom is 0.237 e. The van der Waals surface area contributed by atoms with Gasteiger partial charge in [0.25, 0.3) is 0 Å². The minimum absolute atomic E-state index is 0.110. The molecule has 30 heavy (non-hydrogen) atoms. The Balaban J connectivity index is 1.97. The van der Waals surface area contributed by atoms with E-state index in [0.29, 0.717) is 16.8 Å². The molecule has 3 N–H and O–H groups in total. The molecule has 7 nitrogen and oxygen atoms in total. The first-order valence-corrected chi connectivity index (χ1v) is 13.2. The van der Waals surface area contributed by atoms with Crippen LogP contribution in [0, 0.1) is 5.41 Å². The number of nitrogens with zero attached hydrogens (tertiary/aromatic N) is 2. The highest BCUT2D eigenvalue weighted by Gasteiger charge is 2.30. The number of hydrogen-bond donors (Lipinski definition) is 3. The van der Waals surface area contributed by atoms with Crippen LogP contribution in [-0.2, 0) is 4.57 Å². The Morgan fingerprint density at radius 1 is 1.03 bits per heavy atom. The average molecular weight is 447 g/mol. The molecule has 0 aliphatic carbocycles. The van der Waals surface area contributed by atoms with Crippen LogP contribution in [-0.4, -0.2) is 31.7 Å². The third-order valence-corrected chi connectivity index (χ3v) is 6.89. The van der Waals surface area contributed by atoms with Crippen molar-refractivity contribution >= 4 is 40.9 Å². The molecule has 0 bridgehead atoms. The zero-order valence-corrected chi connectivity index (χ0v) is 19.4. The third kappa shape index (κ3) is 5.01. The van der Waals surface area contributed by atoms with E-state index in [1.165, 1.54) is 0 Å². The number of aromatic nitrogens is 2. The van der Waals surface area contributed by atoms with Gasteiger partial charge in [0, 0.05) is 8.75 Å². The summed E-state index contributed by atoms with van der Waals surface area (Å²) in [5.41, 5.74) is 1.22. The van der Waals surface area contributed by atoms with Crippen LogP contribution in [0.4, 0.5) is 17.3 Å². The number of hydrogen-bond acceptors (Lipinski definition) is 7. The van der Waals surface area contributed by atoms with E-state index in [1.807, 2.05) is 30.3 Å². The molecule has 2 aromatic carbocycles. The molecule has 3 rings (SSSR count). The normalized spacial score (nSPS) is 13.7. The van der Waals surface area contributed by atoms with Crippen molar-refractivity contribution in [1.82, 2.24) is 8.75 Å². The Hall–Kier alpha value is -2.41. The summed E-state index contributed by atoms with van der Waals surface area (Å²) in [6.07, 6.45) is 0. The summed E-state index contributed by atoms with van der Waals surface area (Å²) in [4.78, 5) is 0. The van der Waals surface area contributed by atoms with E-state index in [1.54, 1.807) is 31.5 Å². The van der Waals surface area contributed by atoms with Gasteiger partial charge in [0.05, 0.1) is 17.0 Å². The first kappa shape index (κ1) is 22.3. The van der Waals surface area contributed by atoms with Crippen LogP contribution in [0.1, 0.15) is 32.4 Å². The van der Waals surface area contributed by atoms with Gasteiger partial charge in [0.1, 0.15) is 12.9 Å². The van der Waals surface area contributed by atoms with Gasteiger partial charge in [-0.15, -0.1) is 0 Å². The lowest BCUT2D eigenvalue weighted by Gasteiger charge is -2.31. The van der Waals surface area contributed by atoms with Gasteiger partial charge in [0.2, 0.25) is 11.6 Å². The minimum atomic E-state index is -2.68. The minimum Gasteiger partial charge on any atom is -0.546 e. The van der Waals surface area contributed by atoms with Crippen molar-refractivity contribution in [1.29, 1.82) is 0 Å². The van der Waals surface area contributed by atoms with Crippen LogP contribution < -0.4 is 15.9 Å². The highest BCUT2D eigenvalue weighted by molar-refractivity contribution is 7.70. The van der Waals surface area contributed by atoms with Gasteiger partial charge in [-0.25, -0.2) is 0 Å². The molecular weight excluding hydrogens is 419 g/mol. The number of aromatic hydroxyl groups is 1. The number of phenols is 1. The highest BCUT2D eigenvalue weighted by Crippen LogP contribution is 2.42. The first-order valence-electron chi connectivity index (χ1n) is 9.52. The molecule has 2 atom stereocenters. The quantitative estimate of drug-likeness (QED) is 0.274. The molecule has 1 aromatic heterocycles. The molecule has 0 saturated carbocycles. The van der Waals surface area contributed by atoms with Crippen molar-refractivity contribution in [2.45, 2.75) is 26.8 Å². The molecule has 3 aromatic rings. The number of anilines is 3. The van der Waals surface area contributed by atoms with E-state index in [-0.39, 0.29) is 23.0 Å². The number of rotatable bonds is 6. The van der Waals surface area contributed by atoms with Crippen LogP contribution in [0.25, 0.3) is 0 Å². The fourth-order valence-corrected chi connectivity index (χ4v) is 4.92. The van der Waals surface area contributed by atoms with Crippen LogP contribution in [0.3, 0.4) is 0 Å². The molecule has 0 amide bonds. The lowest BCUT2D eigenvalue weighted by molar-refractivity contribution is 0.347. The second kappa shape index (κ2) is 8.38. The van der Waals surface area contributed by atoms with Gasteiger partial charge in [-0.3, -0.25) is 0 Å². The van der Waals surface area contributed by atoms with Gasteiger partial charge < -0.3 is 24.9 Å². The molecule has 160 valence electrons. The van der Waals surface area contributed by atoms with Crippen molar-refractivity contribution in [2.75, 3.05) is 24.0 Å². The molecule has 0 aliphatic rings. The van der Waals surface area contributed by atoms with Crippen molar-refractivity contribution in [3.8, 4) is 5.75 Å². The first-order chi connectivity index (χ1) is 14.0. The van der Waals surface area contributed by atoms with E-state index in [4.69, 9.17) is 0 Å². The van der Waals surface area contributed by atoms with Crippen LogP contribution >= 0.6 is 18.3 Å². The smallest absolute Gasteiger partial charge is 0.237 e. The zero-order valence-electron chi connectivity index (χ0n) is 17.7. The van der Waals surface area contributed by atoms with E-state index < -0.39 is 18.3 Å². The molecule has 1 heterocycles. The Bertz CT molecular complexity index is 1070. The Labute approximate surface area is 180 Å². The summed E-state index contributed by atoms with van der Waals surface area (Å²) >= 11 is -1.77. The van der Waals surface area contributed by atoms with Crippen molar-refractivity contribution in [3.05, 3.63) is 54.1 Å². The SMILES string of the molecule is CC(C)(C)[C@@H](Nc1n[s+]([O-])nc1Nc1cccc(P(C)(C)=O)c1O)c1ccccc1. The maximum atomic E-state index is 12.5. The van der Waals surface area contributed by atoms with Crippen molar-refractivity contribution in [2.24, 2.45) is 5.41 Å². The average Bonchev–Trinajstić information content (AvgIpc) is 2.99. The zero-order chi connectivity index (χ0) is 22.1. The molecule has 0 fully saturated rings. The number of para-hydroxylation sites is 1. The lowest BCUT2D eigenvalue weighted by atomic mass is 9.82. The number of benzene rings is 2. The van der Waals surface area contributed by atoms with E-state index in [2.05, 4.69) is 40.2 Å². The van der Waals surface area contributed by atoms with Crippen LogP contribution in [0.2, 0.25) is 0 Å². The Kier molecular flexibility index (Phi) is 6.22. The fraction of sp³-hybridized carbons (Fsp3) is 0.333. The molecule has 9 heteroatoms. The van der Waals surface area contributed by atoms with Gasteiger partial charge >= 0.3 is 0 Å². The number of nitrogens with one attached hydrogen (secondary N) is 2. The van der Waals surface area contributed by atoms with Crippen LogP contribution in [0.15, 0.2) is 48.5 Å². The van der Waals surface area contributed by atoms with Gasteiger partial charge in [0.15, 0.2) is 11.1 Å². The summed E-state index contributed by atoms with van der Waals surface area (Å²) in [7, 11) is -2.68. The summed E-state index contributed by atoms with van der Waals surface area (Å²) in [5.74, 6) is 0.493. The predicted molar refractivity (Wildman–Crippen MR) is 123 cm³/mol. The standard InChI is InChI=1S/C21H27N4O3PS/c1-21(2,3)18(14-10-7-6-8-11-14)23-20-19(24-30(28)25-20)22-15-12-9-13-16(17(15)26)29(4,5)27/h6-13,18,26H,1-5H3,(H,22,24)(H,23,25)/t18-,30?/m0/s1. The molecule has 0 spiro atoms. The summed E-state index contributed by atoms with van der Waals surface area (Å²) < 4.78 is 32.7. The van der Waals surface area contributed by atoms with Crippen LogP contribution in [0.5, 0.6) is 5.75 Å². The summed E-state index contributed by atoms with van der Waals surface area (Å²) in [5, 5.41) is 17.3. The monoisotopic (exact) mass is 446 g/mol. The van der Waals surface area contributed by atoms with E-state index in [0.717, 1.165) is 5.56 Å². The van der Waals surface area contributed by atoms with E-state index in [9.17, 15) is 14.2 Å². The second-order valence-electron chi connectivity index (χ2n) is 8.61. The summed E-state index contributed by atoms with van der Waals surface area (Å²) in [6, 6.07) is 14.8. The highest BCUT2D eigenvalue weighted by atomic mass is 32.2. The predicted octanol–water partition coefficient (Wildman–Crippen LogP) is 5.10. The molecular formula is C21H27N4O3PS. The largest absolute Gasteiger partial charge is 0.546 e. The van der Waals surface area contributed by atoms with E-state index >= 15 is 0 Å². The third-order valence-electron chi connectivity index (χ3n) is 4.69. The van der Waals surface area contributed by atoms with Gasteiger partial charge in [-0.2, -0.15) is 0 Å². The fourth-order valence-electron chi connectivity index (χ4n) is 3.22. The molecule has 0 aliphatic heterocycles. The lowest BCUT2D eigenvalue weighted by Crippen LogP contribution is -2.26. The Morgan fingerprint density at radius 2 is 1.67 bits per heavy atom. The maximum absolute atomic E-state index is 12.5. The Morgan fingerprint density at radius 3 is 2.27 bits per heavy atom. The van der Waals surface area contributed by atoms with Gasteiger partial charge in [-0.1, -0.05) is 57.2 Å². The topological polar surface area (TPSA) is 110 Å². The number of phenolic OH excluding ortho intramolecular Hbond substituents is 1.